The summed E-state index contributed by atoms with van der Waals surface area (Å²) in [5, 5.41) is 9.11. The first-order chi connectivity index (χ1) is 8.24. The van der Waals surface area contributed by atoms with Crippen molar-refractivity contribution >= 4 is 11.7 Å². The van der Waals surface area contributed by atoms with Crippen molar-refractivity contribution in [2.75, 3.05) is 6.54 Å². The van der Waals surface area contributed by atoms with Crippen LogP contribution in [0.2, 0.25) is 0 Å². The quantitative estimate of drug-likeness (QED) is 0.669. The van der Waals surface area contributed by atoms with Crippen molar-refractivity contribution in [2.45, 2.75) is 12.5 Å². The molecule has 3 rings (SSSR count). The van der Waals surface area contributed by atoms with Crippen molar-refractivity contribution in [3.63, 3.8) is 0 Å². The van der Waals surface area contributed by atoms with Crippen molar-refractivity contribution in [3.8, 4) is 6.07 Å². The summed E-state index contributed by atoms with van der Waals surface area (Å²) in [4.78, 5) is 25.5. The summed E-state index contributed by atoms with van der Waals surface area (Å²) in [7, 11) is 0. The molecule has 1 fully saturated rings. The van der Waals surface area contributed by atoms with Gasteiger partial charge in [-0.2, -0.15) is 5.26 Å². The highest BCUT2D eigenvalue weighted by molar-refractivity contribution is 6.01. The van der Waals surface area contributed by atoms with Crippen LogP contribution in [0.15, 0.2) is 24.3 Å². The number of ketones is 1. The Morgan fingerprint density at radius 3 is 2.82 bits per heavy atom. The molecule has 0 aliphatic carbocycles. The molecule has 4 heteroatoms. The van der Waals surface area contributed by atoms with E-state index in [1.165, 1.54) is 0 Å². The van der Waals surface area contributed by atoms with E-state index in [4.69, 9.17) is 5.26 Å². The number of fused-ring (bicyclic) bond motifs is 3. The van der Waals surface area contributed by atoms with Gasteiger partial charge in [0.25, 0.3) is 5.91 Å². The number of hydrogen-bond donors (Lipinski definition) is 0. The second-order valence-corrected chi connectivity index (χ2v) is 4.35. The number of nitrogens with zero attached hydrogens (tertiary/aromatic N) is 2. The summed E-state index contributed by atoms with van der Waals surface area (Å²) in [6, 6.07) is 8.91. The van der Waals surface area contributed by atoms with Gasteiger partial charge in [-0.1, -0.05) is 18.2 Å². The second-order valence-electron chi connectivity index (χ2n) is 4.35. The Morgan fingerprint density at radius 1 is 1.29 bits per heavy atom. The van der Waals surface area contributed by atoms with Crippen LogP contribution in [0.4, 0.5) is 0 Å². The molecule has 1 aromatic rings. The monoisotopic (exact) mass is 226 g/mol. The lowest BCUT2D eigenvalue weighted by Crippen LogP contribution is -2.41. The van der Waals surface area contributed by atoms with Crippen LogP contribution >= 0.6 is 0 Å². The summed E-state index contributed by atoms with van der Waals surface area (Å²) >= 11 is 0. The smallest absolute Gasteiger partial charge is 0.254 e. The number of rotatable bonds is 0. The summed E-state index contributed by atoms with van der Waals surface area (Å²) < 4.78 is 0. The summed E-state index contributed by atoms with van der Waals surface area (Å²) in [5.74, 6) is -0.826. The van der Waals surface area contributed by atoms with Gasteiger partial charge >= 0.3 is 0 Å². The zero-order chi connectivity index (χ0) is 12.0. The van der Waals surface area contributed by atoms with Crippen molar-refractivity contribution in [2.24, 2.45) is 5.92 Å². The SMILES string of the molecule is N#CC1C(=O)CCN2C(=O)c3ccccc3C12. The third-order valence-corrected chi connectivity index (χ3v) is 3.51. The van der Waals surface area contributed by atoms with Crippen LogP contribution in [-0.2, 0) is 4.79 Å². The van der Waals surface area contributed by atoms with Crippen molar-refractivity contribution in [3.05, 3.63) is 35.4 Å². The predicted molar refractivity (Wildman–Crippen MR) is 58.9 cm³/mol. The number of amides is 1. The van der Waals surface area contributed by atoms with Crippen molar-refractivity contribution in [1.29, 1.82) is 5.26 Å². The summed E-state index contributed by atoms with van der Waals surface area (Å²) in [6.45, 7) is 0.426. The van der Waals surface area contributed by atoms with Crippen LogP contribution in [-0.4, -0.2) is 23.1 Å². The van der Waals surface area contributed by atoms with E-state index in [1.54, 1.807) is 17.0 Å². The lowest BCUT2D eigenvalue weighted by atomic mass is 9.86. The maximum Gasteiger partial charge on any atom is 0.254 e. The number of carbonyl (C=O) groups is 2. The van der Waals surface area contributed by atoms with E-state index in [9.17, 15) is 9.59 Å². The molecule has 0 aromatic heterocycles. The molecule has 2 aliphatic heterocycles. The number of nitriles is 1. The fraction of sp³-hybridized carbons (Fsp3) is 0.308. The molecule has 0 spiro atoms. The lowest BCUT2D eigenvalue weighted by molar-refractivity contribution is -0.125. The van der Waals surface area contributed by atoms with Crippen LogP contribution in [0.5, 0.6) is 0 Å². The molecule has 0 N–H and O–H groups in total. The van der Waals surface area contributed by atoms with Gasteiger partial charge in [-0.15, -0.1) is 0 Å². The van der Waals surface area contributed by atoms with E-state index < -0.39 is 5.92 Å². The summed E-state index contributed by atoms with van der Waals surface area (Å²) in [5.41, 5.74) is 1.45. The minimum atomic E-state index is -0.712. The highest BCUT2D eigenvalue weighted by atomic mass is 16.2. The van der Waals surface area contributed by atoms with Gasteiger partial charge in [0.15, 0.2) is 5.78 Å². The number of piperidine rings is 1. The third kappa shape index (κ3) is 1.22. The first kappa shape index (κ1) is 10.0. The lowest BCUT2D eigenvalue weighted by Gasteiger charge is -2.32. The van der Waals surface area contributed by atoms with Gasteiger partial charge in [-0.05, 0) is 11.6 Å². The molecule has 2 aliphatic rings. The topological polar surface area (TPSA) is 61.2 Å². The molecule has 1 amide bonds. The normalized spacial score (nSPS) is 26.4. The molecule has 1 saturated heterocycles. The largest absolute Gasteiger partial charge is 0.329 e. The Labute approximate surface area is 98.4 Å². The Morgan fingerprint density at radius 2 is 2.06 bits per heavy atom. The number of benzene rings is 1. The Balaban J connectivity index is 2.16. The van der Waals surface area contributed by atoms with Crippen LogP contribution in [0.3, 0.4) is 0 Å². The molecule has 2 atom stereocenters. The van der Waals surface area contributed by atoms with Crippen LogP contribution in [0.25, 0.3) is 0 Å². The van der Waals surface area contributed by atoms with Gasteiger partial charge in [0.05, 0.1) is 12.1 Å². The van der Waals surface area contributed by atoms with Gasteiger partial charge in [-0.25, -0.2) is 0 Å². The highest BCUT2D eigenvalue weighted by Crippen LogP contribution is 2.41. The van der Waals surface area contributed by atoms with Gasteiger partial charge in [0.2, 0.25) is 0 Å². The van der Waals surface area contributed by atoms with Gasteiger partial charge < -0.3 is 4.90 Å². The van der Waals surface area contributed by atoms with E-state index in [0.717, 1.165) is 5.56 Å². The predicted octanol–water partition coefficient (Wildman–Crippen LogP) is 1.30. The maximum absolute atomic E-state index is 12.1. The van der Waals surface area contributed by atoms with Gasteiger partial charge in [0, 0.05) is 18.5 Å². The molecule has 17 heavy (non-hydrogen) atoms. The number of hydrogen-bond acceptors (Lipinski definition) is 3. The van der Waals surface area contributed by atoms with E-state index in [1.807, 2.05) is 18.2 Å². The van der Waals surface area contributed by atoms with Crippen molar-refractivity contribution < 1.29 is 9.59 Å². The number of carbonyl (C=O) groups excluding carboxylic acids is 2. The fourth-order valence-corrected chi connectivity index (χ4v) is 2.70. The summed E-state index contributed by atoms with van der Waals surface area (Å²) in [6.07, 6.45) is 0.286. The average molecular weight is 226 g/mol. The van der Waals surface area contributed by atoms with E-state index >= 15 is 0 Å². The molecule has 0 radical (unpaired) electrons. The maximum atomic E-state index is 12.1. The van der Waals surface area contributed by atoms with Crippen molar-refractivity contribution in [1.82, 2.24) is 4.90 Å². The Hall–Kier alpha value is -2.15. The number of Topliss-reactive ketones (excluding diaryl/α,β-unsaturated/α-hetero) is 1. The average Bonchev–Trinajstić information content (AvgIpc) is 2.64. The molecular formula is C13H10N2O2. The molecule has 84 valence electrons. The highest BCUT2D eigenvalue weighted by Gasteiger charge is 2.46. The Kier molecular flexibility index (Phi) is 2.02. The third-order valence-electron chi connectivity index (χ3n) is 3.51. The molecule has 0 bridgehead atoms. The second kappa shape index (κ2) is 3.42. The van der Waals surface area contributed by atoms with Gasteiger partial charge in [-0.3, -0.25) is 9.59 Å². The minimum absolute atomic E-state index is 0.0571. The van der Waals surface area contributed by atoms with Crippen LogP contribution < -0.4 is 0 Å². The van der Waals surface area contributed by atoms with Crippen LogP contribution in [0.1, 0.15) is 28.4 Å². The Bertz CT molecular complexity index is 559. The first-order valence-electron chi connectivity index (χ1n) is 5.56. The zero-order valence-corrected chi connectivity index (χ0v) is 9.09. The molecular weight excluding hydrogens is 216 g/mol. The van der Waals surface area contributed by atoms with E-state index in [-0.39, 0.29) is 24.2 Å². The van der Waals surface area contributed by atoms with E-state index in [0.29, 0.717) is 12.1 Å². The molecule has 1 aromatic carbocycles. The molecule has 0 saturated carbocycles. The molecule has 2 unspecified atom stereocenters. The standard InChI is InChI=1S/C13H10N2O2/c14-7-10-11(16)5-6-15-12(10)8-3-1-2-4-9(8)13(15)17/h1-4,10,12H,5-6H2. The molecule has 2 heterocycles. The first-order valence-corrected chi connectivity index (χ1v) is 5.56. The van der Waals surface area contributed by atoms with E-state index in [2.05, 4.69) is 0 Å². The van der Waals surface area contributed by atoms with Crippen LogP contribution in [0, 0.1) is 17.2 Å². The van der Waals surface area contributed by atoms with Gasteiger partial charge in [0.1, 0.15) is 5.92 Å². The minimum Gasteiger partial charge on any atom is -0.329 e. The molecule has 4 nitrogen and oxygen atoms in total. The fourth-order valence-electron chi connectivity index (χ4n) is 2.70. The zero-order valence-electron chi connectivity index (χ0n) is 9.09.